The lowest BCUT2D eigenvalue weighted by molar-refractivity contribution is 0.100. The second kappa shape index (κ2) is 8.32. The second-order valence-electron chi connectivity index (χ2n) is 7.76. The quantitative estimate of drug-likeness (QED) is 0.506. The monoisotopic (exact) mass is 428 g/mol. The highest BCUT2D eigenvalue weighted by molar-refractivity contribution is 5.93. The molecule has 1 amide bonds. The van der Waals surface area contributed by atoms with E-state index in [4.69, 9.17) is 10.5 Å². The predicted molar refractivity (Wildman–Crippen MR) is 124 cm³/mol. The van der Waals surface area contributed by atoms with Gasteiger partial charge in [-0.3, -0.25) is 9.20 Å². The van der Waals surface area contributed by atoms with Crippen molar-refractivity contribution in [2.45, 2.75) is 6.92 Å². The molecule has 0 saturated carbocycles. The van der Waals surface area contributed by atoms with Crippen LogP contribution in [-0.4, -0.2) is 46.6 Å². The highest BCUT2D eigenvalue weighted by Crippen LogP contribution is 2.28. The third-order valence-electron chi connectivity index (χ3n) is 5.68. The van der Waals surface area contributed by atoms with Crippen molar-refractivity contribution in [2.75, 3.05) is 36.5 Å². The van der Waals surface area contributed by atoms with Crippen LogP contribution in [0, 0.1) is 6.92 Å². The first kappa shape index (κ1) is 20.0. The standard InChI is InChI=1S/C24H24N6O2/c1-16-14-27-24-23(28-19-6-8-20(9-7-19)29-10-12-32-13-11-29)26-15-21(30(16)24)17-2-4-18(5-3-17)22(25)31/h2-9,14-15H,10-13H2,1H3,(H2,25,31)(H,26,28). The van der Waals surface area contributed by atoms with Crippen molar-refractivity contribution in [3.63, 3.8) is 0 Å². The molecular formula is C24H24N6O2. The summed E-state index contributed by atoms with van der Waals surface area (Å²) in [7, 11) is 0. The fraction of sp³-hybridized carbons (Fsp3) is 0.208. The summed E-state index contributed by atoms with van der Waals surface area (Å²) in [6, 6.07) is 15.5. The Bertz CT molecular complexity index is 1260. The van der Waals surface area contributed by atoms with Gasteiger partial charge >= 0.3 is 0 Å². The molecule has 2 aromatic carbocycles. The van der Waals surface area contributed by atoms with E-state index in [-0.39, 0.29) is 0 Å². The Kier molecular flexibility index (Phi) is 5.20. The Hall–Kier alpha value is -3.91. The van der Waals surface area contributed by atoms with Crippen LogP contribution < -0.4 is 16.0 Å². The van der Waals surface area contributed by atoms with Gasteiger partial charge < -0.3 is 20.7 Å². The molecule has 8 nitrogen and oxygen atoms in total. The van der Waals surface area contributed by atoms with Crippen LogP contribution in [0.4, 0.5) is 17.2 Å². The maximum Gasteiger partial charge on any atom is 0.248 e. The minimum absolute atomic E-state index is 0.446. The molecule has 1 aliphatic heterocycles. The number of benzene rings is 2. The molecule has 0 spiro atoms. The zero-order valence-corrected chi connectivity index (χ0v) is 17.8. The van der Waals surface area contributed by atoms with Crippen molar-refractivity contribution in [3.8, 4) is 11.3 Å². The number of carbonyl (C=O) groups excluding carboxylic acids is 1. The normalized spacial score (nSPS) is 14.0. The van der Waals surface area contributed by atoms with Crippen LogP contribution in [0.25, 0.3) is 16.9 Å². The Labute approximate surface area is 185 Å². The van der Waals surface area contributed by atoms with Crippen LogP contribution in [0.5, 0.6) is 0 Å². The van der Waals surface area contributed by atoms with E-state index in [0.717, 1.165) is 54.6 Å². The molecule has 3 heterocycles. The molecule has 5 rings (SSSR count). The van der Waals surface area contributed by atoms with Gasteiger partial charge in [-0.2, -0.15) is 0 Å². The number of aryl methyl sites for hydroxylation is 1. The van der Waals surface area contributed by atoms with Gasteiger partial charge in [0.05, 0.1) is 25.1 Å². The van der Waals surface area contributed by atoms with Crippen molar-refractivity contribution >= 4 is 28.7 Å². The van der Waals surface area contributed by atoms with Crippen LogP contribution >= 0.6 is 0 Å². The summed E-state index contributed by atoms with van der Waals surface area (Å²) < 4.78 is 7.48. The molecule has 0 unspecified atom stereocenters. The Morgan fingerprint density at radius 2 is 1.72 bits per heavy atom. The van der Waals surface area contributed by atoms with Crippen LogP contribution in [-0.2, 0) is 4.74 Å². The number of aromatic nitrogens is 3. The molecule has 0 radical (unpaired) electrons. The van der Waals surface area contributed by atoms with Gasteiger partial charge in [-0.25, -0.2) is 9.97 Å². The predicted octanol–water partition coefficient (Wildman–Crippen LogP) is 3.38. The topological polar surface area (TPSA) is 97.8 Å². The number of amides is 1. The number of fused-ring (bicyclic) bond motifs is 1. The summed E-state index contributed by atoms with van der Waals surface area (Å²) in [5.74, 6) is 0.229. The summed E-state index contributed by atoms with van der Waals surface area (Å²) >= 11 is 0. The van der Waals surface area contributed by atoms with Crippen molar-refractivity contribution in [1.82, 2.24) is 14.4 Å². The number of nitrogens with one attached hydrogen (secondary N) is 1. The lowest BCUT2D eigenvalue weighted by Crippen LogP contribution is -2.36. The summed E-state index contributed by atoms with van der Waals surface area (Å²) in [6.45, 7) is 5.34. The molecule has 1 saturated heterocycles. The lowest BCUT2D eigenvalue weighted by atomic mass is 10.1. The Morgan fingerprint density at radius 1 is 1.00 bits per heavy atom. The Balaban J connectivity index is 1.44. The number of hydrogen-bond donors (Lipinski definition) is 2. The lowest BCUT2D eigenvalue weighted by Gasteiger charge is -2.28. The number of ether oxygens (including phenoxy) is 1. The number of rotatable bonds is 5. The van der Waals surface area contributed by atoms with Gasteiger partial charge in [0.1, 0.15) is 0 Å². The van der Waals surface area contributed by atoms with Crippen molar-refractivity contribution in [1.29, 1.82) is 0 Å². The number of morpholine rings is 1. The third-order valence-corrected chi connectivity index (χ3v) is 5.68. The Morgan fingerprint density at radius 3 is 2.41 bits per heavy atom. The maximum atomic E-state index is 11.4. The first-order valence-electron chi connectivity index (χ1n) is 10.5. The van der Waals surface area contributed by atoms with Gasteiger partial charge in [-0.15, -0.1) is 0 Å². The molecule has 162 valence electrons. The van der Waals surface area contributed by atoms with E-state index in [0.29, 0.717) is 11.4 Å². The second-order valence-corrected chi connectivity index (χ2v) is 7.76. The van der Waals surface area contributed by atoms with E-state index >= 15 is 0 Å². The highest BCUT2D eigenvalue weighted by atomic mass is 16.5. The van der Waals surface area contributed by atoms with Crippen molar-refractivity contribution < 1.29 is 9.53 Å². The molecular weight excluding hydrogens is 404 g/mol. The fourth-order valence-corrected chi connectivity index (χ4v) is 3.96. The van der Waals surface area contributed by atoms with Gasteiger partial charge in [0, 0.05) is 47.5 Å². The molecule has 1 aliphatic rings. The highest BCUT2D eigenvalue weighted by Gasteiger charge is 2.14. The molecule has 8 heteroatoms. The van der Waals surface area contributed by atoms with Crippen LogP contribution in [0.15, 0.2) is 60.9 Å². The number of hydrogen-bond acceptors (Lipinski definition) is 6. The summed E-state index contributed by atoms with van der Waals surface area (Å²) in [5, 5.41) is 3.39. The number of carbonyl (C=O) groups is 1. The van der Waals surface area contributed by atoms with Crippen LogP contribution in [0.3, 0.4) is 0 Å². The van der Waals surface area contributed by atoms with E-state index < -0.39 is 5.91 Å². The zero-order valence-electron chi connectivity index (χ0n) is 17.8. The van der Waals surface area contributed by atoms with Crippen LogP contribution in [0.1, 0.15) is 16.1 Å². The average Bonchev–Trinajstić information content (AvgIpc) is 3.23. The molecule has 0 bridgehead atoms. The SMILES string of the molecule is Cc1cnc2c(Nc3ccc(N4CCOCC4)cc3)ncc(-c3ccc(C(N)=O)cc3)n12. The molecule has 0 aliphatic carbocycles. The number of anilines is 3. The first-order chi connectivity index (χ1) is 15.6. The molecule has 2 aromatic heterocycles. The maximum absolute atomic E-state index is 11.4. The van der Waals surface area contributed by atoms with E-state index in [1.165, 1.54) is 5.69 Å². The molecule has 1 fully saturated rings. The van der Waals surface area contributed by atoms with E-state index in [2.05, 4.69) is 48.9 Å². The van der Waals surface area contributed by atoms with Crippen LogP contribution in [0.2, 0.25) is 0 Å². The molecule has 32 heavy (non-hydrogen) atoms. The van der Waals surface area contributed by atoms with E-state index in [9.17, 15) is 4.79 Å². The largest absolute Gasteiger partial charge is 0.378 e. The number of imidazole rings is 1. The minimum Gasteiger partial charge on any atom is -0.378 e. The zero-order chi connectivity index (χ0) is 22.1. The number of nitrogens with two attached hydrogens (primary N) is 1. The molecule has 4 aromatic rings. The van der Waals surface area contributed by atoms with Gasteiger partial charge in [-0.05, 0) is 43.3 Å². The summed E-state index contributed by atoms with van der Waals surface area (Å²) in [5.41, 5.74) is 11.5. The summed E-state index contributed by atoms with van der Waals surface area (Å²) in [4.78, 5) is 22.9. The first-order valence-corrected chi connectivity index (χ1v) is 10.5. The van der Waals surface area contributed by atoms with E-state index in [1.54, 1.807) is 12.1 Å². The summed E-state index contributed by atoms with van der Waals surface area (Å²) in [6.07, 6.45) is 3.64. The number of primary amides is 1. The van der Waals surface area contributed by atoms with Gasteiger partial charge in [-0.1, -0.05) is 12.1 Å². The van der Waals surface area contributed by atoms with Crippen molar-refractivity contribution in [2.24, 2.45) is 5.73 Å². The molecule has 0 atom stereocenters. The third kappa shape index (κ3) is 3.76. The minimum atomic E-state index is -0.446. The molecule has 3 N–H and O–H groups in total. The number of nitrogens with zero attached hydrogens (tertiary/aromatic N) is 4. The smallest absolute Gasteiger partial charge is 0.248 e. The van der Waals surface area contributed by atoms with Gasteiger partial charge in [0.25, 0.3) is 0 Å². The fourth-order valence-electron chi connectivity index (χ4n) is 3.96. The van der Waals surface area contributed by atoms with Gasteiger partial charge in [0.15, 0.2) is 11.5 Å². The van der Waals surface area contributed by atoms with Crippen molar-refractivity contribution in [3.05, 3.63) is 72.2 Å². The van der Waals surface area contributed by atoms with Gasteiger partial charge in [0.2, 0.25) is 5.91 Å². The average molecular weight is 428 g/mol. The van der Waals surface area contributed by atoms with E-state index in [1.807, 2.05) is 31.5 Å².